The van der Waals surface area contributed by atoms with E-state index in [9.17, 15) is 4.79 Å². The predicted octanol–water partition coefficient (Wildman–Crippen LogP) is 5.79. The molecule has 1 amide bonds. The molecule has 0 heterocycles. The number of rotatable bonds is 4. The van der Waals surface area contributed by atoms with Crippen LogP contribution in [0.3, 0.4) is 0 Å². The first kappa shape index (κ1) is 18.8. The highest BCUT2D eigenvalue weighted by molar-refractivity contribution is 5.87. The van der Waals surface area contributed by atoms with Crippen LogP contribution in [-0.4, -0.2) is 18.7 Å². The molecule has 3 nitrogen and oxygen atoms in total. The number of nitrogens with zero attached hydrogens (tertiary/aromatic N) is 1. The molecule has 0 aromatic heterocycles. The van der Waals surface area contributed by atoms with E-state index in [1.165, 1.54) is 16.0 Å². The highest BCUT2D eigenvalue weighted by Gasteiger charge is 2.20. The van der Waals surface area contributed by atoms with E-state index in [0.29, 0.717) is 0 Å². The Morgan fingerprint density at radius 1 is 0.960 bits per heavy atom. The zero-order valence-electron chi connectivity index (χ0n) is 15.7. The molecular weight excluding hydrogens is 310 g/mol. The van der Waals surface area contributed by atoms with Crippen LogP contribution < -0.4 is 4.90 Å². The topological polar surface area (TPSA) is 29.5 Å². The molecule has 0 radical (unpaired) electrons. The Labute approximate surface area is 150 Å². The lowest BCUT2D eigenvalue weighted by Gasteiger charge is -2.24. The Morgan fingerprint density at radius 3 is 1.88 bits per heavy atom. The monoisotopic (exact) mass is 337 g/mol. The molecule has 0 spiro atoms. The van der Waals surface area contributed by atoms with E-state index in [2.05, 4.69) is 43.3 Å². The summed E-state index contributed by atoms with van der Waals surface area (Å²) in [4.78, 5) is 13.6. The first-order valence-corrected chi connectivity index (χ1v) is 8.62. The van der Waals surface area contributed by atoms with E-state index >= 15 is 0 Å². The maximum absolute atomic E-state index is 12.1. The molecule has 3 heteroatoms. The number of ether oxygens (including phenoxy) is 1. The van der Waals surface area contributed by atoms with Gasteiger partial charge in [0, 0.05) is 12.7 Å². The number of carbonyl (C=O) groups is 1. The van der Waals surface area contributed by atoms with Crippen molar-refractivity contribution in [3.05, 3.63) is 65.2 Å². The van der Waals surface area contributed by atoms with Crippen molar-refractivity contribution in [3.8, 4) is 0 Å². The van der Waals surface area contributed by atoms with E-state index in [1.807, 2.05) is 45.0 Å². The summed E-state index contributed by atoms with van der Waals surface area (Å²) in [5, 5.41) is 0. The van der Waals surface area contributed by atoms with Crippen molar-refractivity contribution in [2.24, 2.45) is 0 Å². The minimum absolute atomic E-state index is 0.355. The molecule has 0 aliphatic rings. The summed E-state index contributed by atoms with van der Waals surface area (Å²) < 4.78 is 5.38. The van der Waals surface area contributed by atoms with Gasteiger partial charge in [-0.1, -0.05) is 55.5 Å². The predicted molar refractivity (Wildman–Crippen MR) is 106 cm³/mol. The minimum Gasteiger partial charge on any atom is -0.443 e. The van der Waals surface area contributed by atoms with Gasteiger partial charge >= 0.3 is 6.09 Å². The first-order chi connectivity index (χ1) is 11.8. The van der Waals surface area contributed by atoms with Crippen LogP contribution in [0.1, 0.15) is 44.4 Å². The quantitative estimate of drug-likeness (QED) is 0.661. The molecule has 2 aromatic rings. The summed E-state index contributed by atoms with van der Waals surface area (Å²) >= 11 is 0. The van der Waals surface area contributed by atoms with E-state index in [0.717, 1.165) is 17.7 Å². The van der Waals surface area contributed by atoms with Gasteiger partial charge in [-0.3, -0.25) is 4.90 Å². The van der Waals surface area contributed by atoms with Crippen LogP contribution in [0.5, 0.6) is 0 Å². The van der Waals surface area contributed by atoms with Gasteiger partial charge in [-0.2, -0.15) is 0 Å². The number of amides is 1. The summed E-state index contributed by atoms with van der Waals surface area (Å²) in [5.74, 6) is 0. The summed E-state index contributed by atoms with van der Waals surface area (Å²) in [6.07, 6.45) is 4.85. The van der Waals surface area contributed by atoms with Crippen molar-refractivity contribution in [1.82, 2.24) is 0 Å². The van der Waals surface area contributed by atoms with Crippen LogP contribution in [0.25, 0.3) is 12.2 Å². The van der Waals surface area contributed by atoms with Gasteiger partial charge in [0.25, 0.3) is 0 Å². The van der Waals surface area contributed by atoms with Gasteiger partial charge in [0.2, 0.25) is 0 Å². The van der Waals surface area contributed by atoms with Crippen molar-refractivity contribution >= 4 is 23.9 Å². The zero-order chi connectivity index (χ0) is 18.4. The third-order valence-electron chi connectivity index (χ3n) is 3.80. The van der Waals surface area contributed by atoms with Gasteiger partial charge in [0.05, 0.1) is 0 Å². The Bertz CT molecular complexity index is 722. The van der Waals surface area contributed by atoms with Crippen molar-refractivity contribution < 1.29 is 9.53 Å². The van der Waals surface area contributed by atoms with E-state index in [4.69, 9.17) is 4.74 Å². The molecule has 0 bridgehead atoms. The highest BCUT2D eigenvalue weighted by Crippen LogP contribution is 2.18. The van der Waals surface area contributed by atoms with Crippen LogP contribution >= 0.6 is 0 Å². The molecule has 0 aliphatic heterocycles. The Kier molecular flexibility index (Phi) is 6.02. The molecule has 2 aromatic carbocycles. The SMILES string of the molecule is CCc1ccc(/C=C/c2ccc(N(C)C(=O)OC(C)(C)C)cc2)cc1. The maximum atomic E-state index is 12.1. The Balaban J connectivity index is 2.03. The molecule has 0 fully saturated rings. The minimum atomic E-state index is -0.499. The molecule has 0 unspecified atom stereocenters. The van der Waals surface area contributed by atoms with Crippen molar-refractivity contribution in [1.29, 1.82) is 0 Å². The van der Waals surface area contributed by atoms with Gasteiger partial charge in [-0.15, -0.1) is 0 Å². The molecule has 0 saturated carbocycles. The van der Waals surface area contributed by atoms with Gasteiger partial charge < -0.3 is 4.74 Å². The lowest BCUT2D eigenvalue weighted by molar-refractivity contribution is 0.0589. The fourth-order valence-electron chi connectivity index (χ4n) is 2.30. The van der Waals surface area contributed by atoms with Gasteiger partial charge in [-0.25, -0.2) is 4.79 Å². The molecule has 0 atom stereocenters. The van der Waals surface area contributed by atoms with Crippen LogP contribution in [0.2, 0.25) is 0 Å². The number of hydrogen-bond donors (Lipinski definition) is 0. The number of carbonyl (C=O) groups excluding carboxylic acids is 1. The van der Waals surface area contributed by atoms with Crippen LogP contribution in [0.15, 0.2) is 48.5 Å². The van der Waals surface area contributed by atoms with Gasteiger partial charge in [0.1, 0.15) is 5.60 Å². The normalized spacial score (nSPS) is 11.6. The van der Waals surface area contributed by atoms with Gasteiger partial charge in [-0.05, 0) is 56.0 Å². The smallest absolute Gasteiger partial charge is 0.414 e. The molecule has 132 valence electrons. The average molecular weight is 337 g/mol. The largest absolute Gasteiger partial charge is 0.443 e. The van der Waals surface area contributed by atoms with Crippen molar-refractivity contribution in [2.75, 3.05) is 11.9 Å². The molecule has 0 N–H and O–H groups in total. The first-order valence-electron chi connectivity index (χ1n) is 8.62. The zero-order valence-corrected chi connectivity index (χ0v) is 15.7. The standard InChI is InChI=1S/C22H27NO2/c1-6-17-7-9-18(10-8-17)11-12-19-13-15-20(16-14-19)23(5)21(24)25-22(2,3)4/h7-16H,6H2,1-5H3/b12-11+. The fraction of sp³-hybridized carbons (Fsp3) is 0.318. The second kappa shape index (κ2) is 8.02. The van der Waals surface area contributed by atoms with Crippen LogP contribution in [0.4, 0.5) is 10.5 Å². The van der Waals surface area contributed by atoms with Crippen LogP contribution in [0, 0.1) is 0 Å². The second-order valence-corrected chi connectivity index (χ2v) is 7.06. The lowest BCUT2D eigenvalue weighted by Crippen LogP contribution is -2.34. The lowest BCUT2D eigenvalue weighted by atomic mass is 10.1. The van der Waals surface area contributed by atoms with E-state index in [-0.39, 0.29) is 6.09 Å². The molecular formula is C22H27NO2. The number of benzene rings is 2. The third kappa shape index (κ3) is 5.79. The summed E-state index contributed by atoms with van der Waals surface area (Å²) in [6.45, 7) is 7.74. The van der Waals surface area contributed by atoms with Crippen molar-refractivity contribution in [2.45, 2.75) is 39.7 Å². The number of hydrogen-bond acceptors (Lipinski definition) is 2. The van der Waals surface area contributed by atoms with Gasteiger partial charge in [0.15, 0.2) is 0 Å². The summed E-state index contributed by atoms with van der Waals surface area (Å²) in [7, 11) is 1.72. The third-order valence-corrected chi connectivity index (χ3v) is 3.80. The highest BCUT2D eigenvalue weighted by atomic mass is 16.6. The fourth-order valence-corrected chi connectivity index (χ4v) is 2.30. The maximum Gasteiger partial charge on any atom is 0.414 e. The second-order valence-electron chi connectivity index (χ2n) is 7.06. The van der Waals surface area contributed by atoms with Crippen molar-refractivity contribution in [3.63, 3.8) is 0 Å². The Morgan fingerprint density at radius 2 is 1.44 bits per heavy atom. The average Bonchev–Trinajstić information content (AvgIpc) is 2.58. The number of anilines is 1. The van der Waals surface area contributed by atoms with Crippen LogP contribution in [-0.2, 0) is 11.2 Å². The summed E-state index contributed by atoms with van der Waals surface area (Å²) in [5.41, 5.74) is 3.90. The molecule has 25 heavy (non-hydrogen) atoms. The Hall–Kier alpha value is -2.55. The number of aryl methyl sites for hydroxylation is 1. The van der Waals surface area contributed by atoms with E-state index in [1.54, 1.807) is 7.05 Å². The van der Waals surface area contributed by atoms with E-state index < -0.39 is 5.60 Å². The molecule has 0 aliphatic carbocycles. The summed E-state index contributed by atoms with van der Waals surface area (Å²) in [6, 6.07) is 16.4. The molecule has 2 rings (SSSR count). The molecule has 0 saturated heterocycles.